The molecule has 0 atom stereocenters. The lowest BCUT2D eigenvalue weighted by atomic mass is 10.1. The Kier molecular flexibility index (Phi) is 6.38. The predicted molar refractivity (Wildman–Crippen MR) is 85.6 cm³/mol. The molecule has 0 aromatic heterocycles. The molecular formula is C18H29NO. The molecule has 0 amide bonds. The Balaban J connectivity index is 1.61. The SMILES string of the molecule is Cc1ccc(OCCCCN2CCCCCC2)c(C)c1. The van der Waals surface area contributed by atoms with Crippen LogP contribution >= 0.6 is 0 Å². The van der Waals surface area contributed by atoms with Gasteiger partial charge < -0.3 is 9.64 Å². The predicted octanol–water partition coefficient (Wildman–Crippen LogP) is 4.34. The van der Waals surface area contributed by atoms with Crippen LogP contribution in [0.15, 0.2) is 18.2 Å². The molecule has 112 valence electrons. The number of ether oxygens (including phenoxy) is 1. The monoisotopic (exact) mass is 275 g/mol. The second kappa shape index (κ2) is 8.31. The van der Waals surface area contributed by atoms with Gasteiger partial charge in [-0.25, -0.2) is 0 Å². The van der Waals surface area contributed by atoms with Crippen LogP contribution in [0.1, 0.15) is 49.7 Å². The van der Waals surface area contributed by atoms with Crippen molar-refractivity contribution in [3.05, 3.63) is 29.3 Å². The molecule has 0 saturated carbocycles. The van der Waals surface area contributed by atoms with E-state index in [9.17, 15) is 0 Å². The van der Waals surface area contributed by atoms with Crippen molar-refractivity contribution < 1.29 is 4.74 Å². The quantitative estimate of drug-likeness (QED) is 0.716. The molecule has 1 aromatic carbocycles. The molecule has 1 aliphatic rings. The summed E-state index contributed by atoms with van der Waals surface area (Å²) < 4.78 is 5.89. The van der Waals surface area contributed by atoms with Crippen molar-refractivity contribution in [1.82, 2.24) is 4.90 Å². The number of hydrogen-bond donors (Lipinski definition) is 0. The first-order valence-electron chi connectivity index (χ1n) is 8.18. The maximum absolute atomic E-state index is 5.89. The van der Waals surface area contributed by atoms with Gasteiger partial charge in [0.1, 0.15) is 5.75 Å². The lowest BCUT2D eigenvalue weighted by Crippen LogP contribution is -2.25. The molecule has 0 spiro atoms. The summed E-state index contributed by atoms with van der Waals surface area (Å²) in [5.74, 6) is 1.05. The summed E-state index contributed by atoms with van der Waals surface area (Å²) in [5.41, 5.74) is 2.55. The molecule has 0 unspecified atom stereocenters. The van der Waals surface area contributed by atoms with Gasteiger partial charge in [0.2, 0.25) is 0 Å². The van der Waals surface area contributed by atoms with Gasteiger partial charge in [-0.3, -0.25) is 0 Å². The lowest BCUT2D eigenvalue weighted by Gasteiger charge is -2.19. The van der Waals surface area contributed by atoms with Crippen molar-refractivity contribution in [2.24, 2.45) is 0 Å². The summed E-state index contributed by atoms with van der Waals surface area (Å²) in [6.45, 7) is 8.95. The van der Waals surface area contributed by atoms with Crippen LogP contribution in [-0.4, -0.2) is 31.1 Å². The van der Waals surface area contributed by atoms with Crippen LogP contribution in [0.2, 0.25) is 0 Å². The van der Waals surface area contributed by atoms with Crippen molar-refractivity contribution >= 4 is 0 Å². The van der Waals surface area contributed by atoms with E-state index in [0.717, 1.165) is 18.8 Å². The number of aryl methyl sites for hydroxylation is 2. The van der Waals surface area contributed by atoms with Gasteiger partial charge in [-0.05, 0) is 70.8 Å². The Morgan fingerprint density at radius 1 is 1.00 bits per heavy atom. The fourth-order valence-electron chi connectivity index (χ4n) is 2.94. The van der Waals surface area contributed by atoms with Crippen LogP contribution in [0.4, 0.5) is 0 Å². The maximum atomic E-state index is 5.89. The molecule has 2 heteroatoms. The maximum Gasteiger partial charge on any atom is 0.122 e. The van der Waals surface area contributed by atoms with E-state index >= 15 is 0 Å². The normalized spacial score (nSPS) is 16.9. The zero-order valence-electron chi connectivity index (χ0n) is 13.2. The Labute approximate surface area is 124 Å². The second-order valence-corrected chi connectivity index (χ2v) is 6.08. The van der Waals surface area contributed by atoms with Crippen molar-refractivity contribution in [2.45, 2.75) is 52.4 Å². The molecule has 2 nitrogen and oxygen atoms in total. The molecule has 0 radical (unpaired) electrons. The van der Waals surface area contributed by atoms with Crippen LogP contribution in [0.3, 0.4) is 0 Å². The third-order valence-corrected chi connectivity index (χ3v) is 4.16. The van der Waals surface area contributed by atoms with Crippen LogP contribution in [0.25, 0.3) is 0 Å². The Hall–Kier alpha value is -1.02. The number of likely N-dealkylation sites (tertiary alicyclic amines) is 1. The molecule has 0 N–H and O–H groups in total. The van der Waals surface area contributed by atoms with E-state index in [1.54, 1.807) is 0 Å². The van der Waals surface area contributed by atoms with Gasteiger partial charge in [-0.15, -0.1) is 0 Å². The van der Waals surface area contributed by atoms with Gasteiger partial charge in [0.05, 0.1) is 6.61 Å². The van der Waals surface area contributed by atoms with Crippen LogP contribution in [-0.2, 0) is 0 Å². The summed E-state index contributed by atoms with van der Waals surface area (Å²) in [6, 6.07) is 6.41. The van der Waals surface area contributed by atoms with Crippen LogP contribution < -0.4 is 4.74 Å². The standard InChI is InChI=1S/C18H29NO/c1-16-9-10-18(17(2)15-16)20-14-8-7-13-19-11-5-3-4-6-12-19/h9-10,15H,3-8,11-14H2,1-2H3. The number of hydrogen-bond acceptors (Lipinski definition) is 2. The summed E-state index contributed by atoms with van der Waals surface area (Å²) in [5, 5.41) is 0. The molecule has 1 saturated heterocycles. The van der Waals surface area contributed by atoms with Gasteiger partial charge >= 0.3 is 0 Å². The van der Waals surface area contributed by atoms with E-state index in [0.29, 0.717) is 0 Å². The molecule has 1 aromatic rings. The highest BCUT2D eigenvalue weighted by Crippen LogP contribution is 2.19. The molecule has 20 heavy (non-hydrogen) atoms. The average molecular weight is 275 g/mol. The third kappa shape index (κ3) is 5.16. The zero-order valence-corrected chi connectivity index (χ0v) is 13.2. The Morgan fingerprint density at radius 2 is 1.75 bits per heavy atom. The first kappa shape index (κ1) is 15.4. The van der Waals surface area contributed by atoms with Gasteiger partial charge in [0.25, 0.3) is 0 Å². The zero-order chi connectivity index (χ0) is 14.2. The fraction of sp³-hybridized carbons (Fsp3) is 0.667. The highest BCUT2D eigenvalue weighted by molar-refractivity contribution is 5.35. The topological polar surface area (TPSA) is 12.5 Å². The van der Waals surface area contributed by atoms with Crippen molar-refractivity contribution in [3.63, 3.8) is 0 Å². The summed E-state index contributed by atoms with van der Waals surface area (Å²) in [4.78, 5) is 2.63. The van der Waals surface area contributed by atoms with E-state index in [-0.39, 0.29) is 0 Å². The van der Waals surface area contributed by atoms with Gasteiger partial charge in [0.15, 0.2) is 0 Å². The highest BCUT2D eigenvalue weighted by atomic mass is 16.5. The molecule has 0 bridgehead atoms. The first-order valence-corrected chi connectivity index (χ1v) is 8.18. The molecular weight excluding hydrogens is 246 g/mol. The number of nitrogens with zero attached hydrogens (tertiary/aromatic N) is 1. The average Bonchev–Trinajstić information content (AvgIpc) is 2.69. The van der Waals surface area contributed by atoms with Crippen molar-refractivity contribution in [3.8, 4) is 5.75 Å². The molecule has 2 rings (SSSR count). The number of unbranched alkanes of at least 4 members (excludes halogenated alkanes) is 1. The smallest absolute Gasteiger partial charge is 0.122 e. The minimum atomic E-state index is 0.845. The first-order chi connectivity index (χ1) is 9.75. The summed E-state index contributed by atoms with van der Waals surface area (Å²) >= 11 is 0. The third-order valence-electron chi connectivity index (χ3n) is 4.16. The summed E-state index contributed by atoms with van der Waals surface area (Å²) in [6.07, 6.45) is 8.03. The van der Waals surface area contributed by atoms with E-state index in [2.05, 4.69) is 36.9 Å². The van der Waals surface area contributed by atoms with Crippen LogP contribution in [0.5, 0.6) is 5.75 Å². The van der Waals surface area contributed by atoms with E-state index in [4.69, 9.17) is 4.74 Å². The van der Waals surface area contributed by atoms with Crippen molar-refractivity contribution in [1.29, 1.82) is 0 Å². The minimum Gasteiger partial charge on any atom is -0.493 e. The van der Waals surface area contributed by atoms with E-state index in [1.807, 2.05) is 0 Å². The van der Waals surface area contributed by atoms with Gasteiger partial charge in [-0.1, -0.05) is 30.5 Å². The number of benzene rings is 1. The van der Waals surface area contributed by atoms with Gasteiger partial charge in [-0.2, -0.15) is 0 Å². The second-order valence-electron chi connectivity index (χ2n) is 6.08. The molecule has 0 aliphatic carbocycles. The minimum absolute atomic E-state index is 0.845. The fourth-order valence-corrected chi connectivity index (χ4v) is 2.94. The largest absolute Gasteiger partial charge is 0.493 e. The van der Waals surface area contributed by atoms with Crippen LogP contribution in [0, 0.1) is 13.8 Å². The lowest BCUT2D eigenvalue weighted by molar-refractivity contribution is 0.255. The Bertz CT molecular complexity index is 394. The summed E-state index contributed by atoms with van der Waals surface area (Å²) in [7, 11) is 0. The molecule has 1 aliphatic heterocycles. The molecule has 1 fully saturated rings. The highest BCUT2D eigenvalue weighted by Gasteiger charge is 2.08. The van der Waals surface area contributed by atoms with E-state index < -0.39 is 0 Å². The van der Waals surface area contributed by atoms with E-state index in [1.165, 1.54) is 62.9 Å². The number of rotatable bonds is 6. The molecule has 1 heterocycles. The Morgan fingerprint density at radius 3 is 2.45 bits per heavy atom. The van der Waals surface area contributed by atoms with Crippen molar-refractivity contribution in [2.75, 3.05) is 26.2 Å². The van der Waals surface area contributed by atoms with Gasteiger partial charge in [0, 0.05) is 0 Å².